The Bertz CT molecular complexity index is 170. The van der Waals surface area contributed by atoms with E-state index in [-0.39, 0.29) is 17.7 Å². The van der Waals surface area contributed by atoms with E-state index >= 15 is 0 Å². The summed E-state index contributed by atoms with van der Waals surface area (Å²) in [7, 11) is 0. The van der Waals surface area contributed by atoms with Gasteiger partial charge in [0.05, 0.1) is 11.7 Å². The minimum Gasteiger partial charge on any atom is -0.463 e. The molecule has 0 heterocycles. The van der Waals surface area contributed by atoms with E-state index in [1.807, 2.05) is 34.6 Å². The van der Waals surface area contributed by atoms with Crippen molar-refractivity contribution >= 4 is 5.97 Å². The molecule has 3 heteroatoms. The highest BCUT2D eigenvalue weighted by molar-refractivity contribution is 5.69. The van der Waals surface area contributed by atoms with Gasteiger partial charge in [-0.25, -0.2) is 0 Å². The van der Waals surface area contributed by atoms with Gasteiger partial charge in [0.1, 0.15) is 6.61 Å². The second kappa shape index (κ2) is 6.02. The Labute approximate surface area is 86.8 Å². The lowest BCUT2D eigenvalue weighted by Gasteiger charge is -2.24. The third kappa shape index (κ3) is 8.05. The number of hydrogen-bond donors (Lipinski definition) is 0. The van der Waals surface area contributed by atoms with Crippen molar-refractivity contribution in [1.29, 1.82) is 0 Å². The van der Waals surface area contributed by atoms with Gasteiger partial charge in [-0.3, -0.25) is 4.79 Å². The van der Waals surface area contributed by atoms with Crippen LogP contribution in [0, 0.1) is 0 Å². The van der Waals surface area contributed by atoms with Gasteiger partial charge in [-0.05, 0) is 34.1 Å². The average molecular weight is 202 g/mol. The molecule has 3 nitrogen and oxygen atoms in total. The first kappa shape index (κ1) is 13.4. The van der Waals surface area contributed by atoms with Crippen molar-refractivity contribution in [3.8, 4) is 0 Å². The Morgan fingerprint density at radius 1 is 1.36 bits per heavy atom. The Balaban J connectivity index is 3.63. The van der Waals surface area contributed by atoms with E-state index in [9.17, 15) is 4.79 Å². The van der Waals surface area contributed by atoms with Crippen molar-refractivity contribution in [2.24, 2.45) is 0 Å². The fourth-order valence-corrected chi connectivity index (χ4v) is 1.12. The lowest BCUT2D eigenvalue weighted by Crippen LogP contribution is -2.29. The summed E-state index contributed by atoms with van der Waals surface area (Å²) in [5.41, 5.74) is -0.184. The minimum atomic E-state index is -0.184. The largest absolute Gasteiger partial charge is 0.463 e. The molecular weight excluding hydrogens is 180 g/mol. The summed E-state index contributed by atoms with van der Waals surface area (Å²) >= 11 is 0. The van der Waals surface area contributed by atoms with Crippen LogP contribution in [0.1, 0.15) is 47.5 Å². The molecule has 14 heavy (non-hydrogen) atoms. The number of carbonyl (C=O) groups is 1. The van der Waals surface area contributed by atoms with Crippen LogP contribution in [-0.4, -0.2) is 24.3 Å². The van der Waals surface area contributed by atoms with Crippen molar-refractivity contribution in [2.45, 2.75) is 59.2 Å². The first-order valence-electron chi connectivity index (χ1n) is 5.18. The SMILES string of the molecule is CCCC(=O)OCC(C)OC(C)(C)C. The van der Waals surface area contributed by atoms with Gasteiger partial charge in [0.25, 0.3) is 0 Å². The molecule has 0 radical (unpaired) electrons. The third-order valence-corrected chi connectivity index (χ3v) is 1.49. The van der Waals surface area contributed by atoms with E-state index in [1.54, 1.807) is 0 Å². The van der Waals surface area contributed by atoms with E-state index in [1.165, 1.54) is 0 Å². The highest BCUT2D eigenvalue weighted by atomic mass is 16.6. The Morgan fingerprint density at radius 3 is 2.36 bits per heavy atom. The molecule has 0 aromatic rings. The molecule has 0 aliphatic rings. The number of rotatable bonds is 5. The van der Waals surface area contributed by atoms with Crippen LogP contribution >= 0.6 is 0 Å². The van der Waals surface area contributed by atoms with Gasteiger partial charge in [-0.2, -0.15) is 0 Å². The van der Waals surface area contributed by atoms with Crippen molar-refractivity contribution in [3.63, 3.8) is 0 Å². The monoisotopic (exact) mass is 202 g/mol. The quantitative estimate of drug-likeness (QED) is 0.643. The highest BCUT2D eigenvalue weighted by Crippen LogP contribution is 2.10. The molecule has 0 amide bonds. The van der Waals surface area contributed by atoms with Crippen molar-refractivity contribution in [3.05, 3.63) is 0 Å². The van der Waals surface area contributed by atoms with Crippen LogP contribution in [0.2, 0.25) is 0 Å². The summed E-state index contributed by atoms with van der Waals surface area (Å²) in [6.07, 6.45) is 1.27. The maximum atomic E-state index is 11.0. The summed E-state index contributed by atoms with van der Waals surface area (Å²) in [5, 5.41) is 0. The molecule has 84 valence electrons. The first-order chi connectivity index (χ1) is 6.35. The van der Waals surface area contributed by atoms with Crippen molar-refractivity contribution in [2.75, 3.05) is 6.61 Å². The summed E-state index contributed by atoms with van der Waals surface area (Å²) in [6.45, 7) is 10.2. The fraction of sp³-hybridized carbons (Fsp3) is 0.909. The Hall–Kier alpha value is -0.570. The van der Waals surface area contributed by atoms with Gasteiger partial charge in [0, 0.05) is 6.42 Å². The standard InChI is InChI=1S/C11H22O3/c1-6-7-10(12)13-8-9(2)14-11(3,4)5/h9H,6-8H2,1-5H3. The van der Waals surface area contributed by atoms with Crippen molar-refractivity contribution < 1.29 is 14.3 Å². The molecule has 1 unspecified atom stereocenters. The molecule has 0 aromatic heterocycles. The summed E-state index contributed by atoms with van der Waals surface area (Å²) in [6, 6.07) is 0. The minimum absolute atomic E-state index is 0.0455. The van der Waals surface area contributed by atoms with Crippen LogP contribution < -0.4 is 0 Å². The van der Waals surface area contributed by atoms with Gasteiger partial charge in [0.2, 0.25) is 0 Å². The van der Waals surface area contributed by atoms with Crippen LogP contribution in [0.25, 0.3) is 0 Å². The number of esters is 1. The normalized spacial score (nSPS) is 13.8. The van der Waals surface area contributed by atoms with Gasteiger partial charge in [-0.1, -0.05) is 6.92 Å². The van der Waals surface area contributed by atoms with Gasteiger partial charge < -0.3 is 9.47 Å². The molecule has 0 aromatic carbocycles. The smallest absolute Gasteiger partial charge is 0.305 e. The third-order valence-electron chi connectivity index (χ3n) is 1.49. The fourth-order valence-electron chi connectivity index (χ4n) is 1.12. The van der Waals surface area contributed by atoms with Gasteiger partial charge in [-0.15, -0.1) is 0 Å². The predicted octanol–water partition coefficient (Wildman–Crippen LogP) is 2.53. The number of carbonyl (C=O) groups excluding carboxylic acids is 1. The van der Waals surface area contributed by atoms with E-state index in [2.05, 4.69) is 0 Å². The second-order valence-corrected chi connectivity index (χ2v) is 4.47. The van der Waals surface area contributed by atoms with E-state index < -0.39 is 0 Å². The molecule has 0 rings (SSSR count). The number of hydrogen-bond acceptors (Lipinski definition) is 3. The Kier molecular flexibility index (Phi) is 5.77. The molecular formula is C11H22O3. The molecule has 0 saturated carbocycles. The van der Waals surface area contributed by atoms with E-state index in [0.717, 1.165) is 6.42 Å². The van der Waals surface area contributed by atoms with Crippen LogP contribution in [-0.2, 0) is 14.3 Å². The zero-order valence-electron chi connectivity index (χ0n) is 9.92. The van der Waals surface area contributed by atoms with Gasteiger partial charge >= 0.3 is 5.97 Å². The van der Waals surface area contributed by atoms with Crippen LogP contribution in [0.5, 0.6) is 0 Å². The van der Waals surface area contributed by atoms with Crippen molar-refractivity contribution in [1.82, 2.24) is 0 Å². The molecule has 0 N–H and O–H groups in total. The predicted molar refractivity (Wildman–Crippen MR) is 56.2 cm³/mol. The van der Waals surface area contributed by atoms with Crippen LogP contribution in [0.4, 0.5) is 0 Å². The maximum Gasteiger partial charge on any atom is 0.305 e. The first-order valence-corrected chi connectivity index (χ1v) is 5.18. The Morgan fingerprint density at radius 2 is 1.93 bits per heavy atom. The second-order valence-electron chi connectivity index (χ2n) is 4.47. The molecule has 0 spiro atoms. The molecule has 0 fully saturated rings. The molecule has 0 bridgehead atoms. The average Bonchev–Trinajstić information content (AvgIpc) is 1.98. The molecule has 0 saturated heterocycles. The maximum absolute atomic E-state index is 11.0. The summed E-state index contributed by atoms with van der Waals surface area (Å²) in [5.74, 6) is -0.142. The van der Waals surface area contributed by atoms with E-state index in [4.69, 9.17) is 9.47 Å². The van der Waals surface area contributed by atoms with E-state index in [0.29, 0.717) is 13.0 Å². The molecule has 0 aliphatic carbocycles. The van der Waals surface area contributed by atoms with Gasteiger partial charge in [0.15, 0.2) is 0 Å². The molecule has 0 aliphatic heterocycles. The van der Waals surface area contributed by atoms with Crippen LogP contribution in [0.3, 0.4) is 0 Å². The zero-order chi connectivity index (χ0) is 11.2. The zero-order valence-corrected chi connectivity index (χ0v) is 9.92. The summed E-state index contributed by atoms with van der Waals surface area (Å²) < 4.78 is 10.6. The highest BCUT2D eigenvalue weighted by Gasteiger charge is 2.16. The summed E-state index contributed by atoms with van der Waals surface area (Å²) in [4.78, 5) is 11.0. The number of ether oxygens (including phenoxy) is 2. The molecule has 1 atom stereocenters. The lowest BCUT2D eigenvalue weighted by molar-refractivity contribution is -0.151. The lowest BCUT2D eigenvalue weighted by atomic mass is 10.2. The topological polar surface area (TPSA) is 35.5 Å². The van der Waals surface area contributed by atoms with Crippen LogP contribution in [0.15, 0.2) is 0 Å².